The summed E-state index contributed by atoms with van der Waals surface area (Å²) in [4.78, 5) is -1.01. The zero-order valence-corrected chi connectivity index (χ0v) is 11.0. The van der Waals surface area contributed by atoms with Gasteiger partial charge in [-0.15, -0.1) is 0 Å². The van der Waals surface area contributed by atoms with Gasteiger partial charge < -0.3 is 0 Å². The smallest absolute Gasteiger partial charge is 0.263 e. The molecule has 2 rings (SSSR count). The summed E-state index contributed by atoms with van der Waals surface area (Å²) in [6, 6.07) is 4.31. The highest BCUT2D eigenvalue weighted by Crippen LogP contribution is 2.21. The third kappa shape index (κ3) is 2.58. The molecule has 0 saturated heterocycles. The van der Waals surface area contributed by atoms with E-state index in [2.05, 4.69) is 9.82 Å². The summed E-state index contributed by atoms with van der Waals surface area (Å²) in [5.41, 5.74) is 0.578. The van der Waals surface area contributed by atoms with Crippen molar-refractivity contribution < 1.29 is 17.2 Å². The summed E-state index contributed by atoms with van der Waals surface area (Å²) in [7, 11) is -2.83. The van der Waals surface area contributed by atoms with E-state index in [0.717, 1.165) is 18.2 Å². The molecule has 0 radical (unpaired) electrons. The Labute approximate surface area is 108 Å². The van der Waals surface area contributed by atoms with Crippen LogP contribution in [0.1, 0.15) is 5.69 Å². The lowest BCUT2D eigenvalue weighted by Crippen LogP contribution is -2.18. The zero-order valence-electron chi connectivity index (χ0n) is 10.2. The van der Waals surface area contributed by atoms with E-state index in [1.165, 1.54) is 17.8 Å². The second kappa shape index (κ2) is 4.61. The van der Waals surface area contributed by atoms with Crippen LogP contribution < -0.4 is 4.72 Å². The number of aromatic nitrogens is 2. The highest BCUT2D eigenvalue weighted by molar-refractivity contribution is 7.92. The minimum absolute atomic E-state index is 0.125. The average Bonchev–Trinajstić information content (AvgIpc) is 2.55. The first-order chi connectivity index (χ1) is 8.81. The molecule has 2 aromatic rings. The Morgan fingerprint density at radius 3 is 2.32 bits per heavy atom. The van der Waals surface area contributed by atoms with Crippen molar-refractivity contribution in [2.45, 2.75) is 11.8 Å². The number of benzene rings is 1. The van der Waals surface area contributed by atoms with E-state index in [9.17, 15) is 17.2 Å². The maximum Gasteiger partial charge on any atom is 0.268 e. The molecular weight excluding hydrogens is 276 g/mol. The van der Waals surface area contributed by atoms with Crippen LogP contribution >= 0.6 is 0 Å². The SMILES string of the molecule is Cc1cc(NS(=O)(=O)c2c(F)cccc2F)n(C)n1. The lowest BCUT2D eigenvalue weighted by atomic mass is 10.3. The van der Waals surface area contributed by atoms with Crippen molar-refractivity contribution in [2.24, 2.45) is 7.05 Å². The molecule has 19 heavy (non-hydrogen) atoms. The van der Waals surface area contributed by atoms with Crippen molar-refractivity contribution in [3.63, 3.8) is 0 Å². The van der Waals surface area contributed by atoms with Crippen molar-refractivity contribution in [1.29, 1.82) is 0 Å². The van der Waals surface area contributed by atoms with Crippen LogP contribution in [-0.2, 0) is 17.1 Å². The summed E-state index contributed by atoms with van der Waals surface area (Å²) in [5, 5.41) is 3.94. The highest BCUT2D eigenvalue weighted by Gasteiger charge is 2.24. The Bertz CT molecular complexity index is 705. The van der Waals surface area contributed by atoms with Crippen molar-refractivity contribution >= 4 is 15.8 Å². The Balaban J connectivity index is 2.47. The van der Waals surface area contributed by atoms with Gasteiger partial charge in [0.15, 0.2) is 4.90 Å². The summed E-state index contributed by atoms with van der Waals surface area (Å²) >= 11 is 0. The van der Waals surface area contributed by atoms with Crippen LogP contribution in [0.15, 0.2) is 29.2 Å². The molecule has 0 amide bonds. The minimum atomic E-state index is -4.34. The third-order valence-electron chi connectivity index (χ3n) is 2.43. The molecule has 1 heterocycles. The molecule has 102 valence electrons. The lowest BCUT2D eigenvalue weighted by Gasteiger charge is -2.09. The van der Waals surface area contributed by atoms with Gasteiger partial charge in [-0.25, -0.2) is 17.2 Å². The van der Waals surface area contributed by atoms with E-state index in [-0.39, 0.29) is 5.82 Å². The van der Waals surface area contributed by atoms with Crippen LogP contribution in [0, 0.1) is 18.6 Å². The van der Waals surface area contributed by atoms with E-state index in [0.29, 0.717) is 5.69 Å². The molecule has 0 fully saturated rings. The first-order valence-electron chi connectivity index (χ1n) is 5.29. The van der Waals surface area contributed by atoms with Gasteiger partial charge in [0.2, 0.25) is 0 Å². The van der Waals surface area contributed by atoms with Crippen molar-refractivity contribution in [1.82, 2.24) is 9.78 Å². The molecule has 1 N–H and O–H groups in total. The second-order valence-electron chi connectivity index (χ2n) is 3.95. The van der Waals surface area contributed by atoms with E-state index < -0.39 is 26.6 Å². The number of halogens is 2. The predicted octanol–water partition coefficient (Wildman–Crippen LogP) is 1.81. The third-order valence-corrected chi connectivity index (χ3v) is 3.83. The van der Waals surface area contributed by atoms with Gasteiger partial charge in [-0.2, -0.15) is 5.10 Å². The fourth-order valence-electron chi connectivity index (χ4n) is 1.63. The van der Waals surface area contributed by atoms with Crippen LogP contribution in [0.25, 0.3) is 0 Å². The average molecular weight is 287 g/mol. The maximum atomic E-state index is 13.5. The molecule has 5 nitrogen and oxygen atoms in total. The second-order valence-corrected chi connectivity index (χ2v) is 5.57. The van der Waals surface area contributed by atoms with Crippen LogP contribution in [0.2, 0.25) is 0 Å². The fourth-order valence-corrected chi connectivity index (χ4v) is 2.85. The summed E-state index contributed by atoms with van der Waals surface area (Å²) < 4.78 is 54.3. The lowest BCUT2D eigenvalue weighted by molar-refractivity contribution is 0.521. The van der Waals surface area contributed by atoms with Gasteiger partial charge >= 0.3 is 0 Å². The summed E-state index contributed by atoms with van der Waals surface area (Å²) in [5.74, 6) is -2.17. The molecule has 8 heteroatoms. The van der Waals surface area contributed by atoms with Crippen LogP contribution in [0.5, 0.6) is 0 Å². The number of aryl methyl sites for hydroxylation is 2. The quantitative estimate of drug-likeness (QED) is 0.936. The van der Waals surface area contributed by atoms with Gasteiger partial charge in [0.1, 0.15) is 17.5 Å². The van der Waals surface area contributed by atoms with Crippen molar-refractivity contribution in [3.05, 3.63) is 41.6 Å². The van der Waals surface area contributed by atoms with Gasteiger partial charge in [-0.05, 0) is 19.1 Å². The van der Waals surface area contributed by atoms with Crippen LogP contribution in [-0.4, -0.2) is 18.2 Å². The monoisotopic (exact) mass is 287 g/mol. The maximum absolute atomic E-state index is 13.5. The topological polar surface area (TPSA) is 64.0 Å². The van der Waals surface area contributed by atoms with Gasteiger partial charge in [-0.3, -0.25) is 9.40 Å². The largest absolute Gasteiger partial charge is 0.268 e. The molecule has 0 aliphatic rings. The number of hydrogen-bond donors (Lipinski definition) is 1. The number of sulfonamides is 1. The molecule has 0 aliphatic carbocycles. The highest BCUT2D eigenvalue weighted by atomic mass is 32.2. The first kappa shape index (κ1) is 13.5. The van der Waals surface area contributed by atoms with Crippen molar-refractivity contribution in [2.75, 3.05) is 4.72 Å². The van der Waals surface area contributed by atoms with Crippen molar-refractivity contribution in [3.8, 4) is 0 Å². The van der Waals surface area contributed by atoms with E-state index >= 15 is 0 Å². The molecule has 0 unspecified atom stereocenters. The Hall–Kier alpha value is -1.96. The van der Waals surface area contributed by atoms with Crippen LogP contribution in [0.4, 0.5) is 14.6 Å². The molecule has 1 aromatic carbocycles. The number of nitrogens with one attached hydrogen (secondary N) is 1. The standard InChI is InChI=1S/C11H11F2N3O2S/c1-7-6-10(16(2)14-7)15-19(17,18)11-8(12)4-3-5-9(11)13/h3-6,15H,1-2H3. The first-order valence-corrected chi connectivity index (χ1v) is 6.77. The Morgan fingerprint density at radius 1 is 1.26 bits per heavy atom. The predicted molar refractivity (Wildman–Crippen MR) is 65.1 cm³/mol. The molecule has 0 aliphatic heterocycles. The fraction of sp³-hybridized carbons (Fsp3) is 0.182. The van der Waals surface area contributed by atoms with Gasteiger partial charge in [0.25, 0.3) is 10.0 Å². The number of anilines is 1. The molecule has 0 saturated carbocycles. The molecule has 1 aromatic heterocycles. The van der Waals surface area contributed by atoms with E-state index in [4.69, 9.17) is 0 Å². The summed E-state index contributed by atoms with van der Waals surface area (Å²) in [6.07, 6.45) is 0. The molecular formula is C11H11F2N3O2S. The van der Waals surface area contributed by atoms with Gasteiger partial charge in [0, 0.05) is 13.1 Å². The zero-order chi connectivity index (χ0) is 14.2. The van der Waals surface area contributed by atoms with Gasteiger partial charge in [-0.1, -0.05) is 6.07 Å². The molecule has 0 bridgehead atoms. The molecule has 0 atom stereocenters. The minimum Gasteiger partial charge on any atom is -0.263 e. The number of rotatable bonds is 3. The van der Waals surface area contributed by atoms with Gasteiger partial charge in [0.05, 0.1) is 5.69 Å². The molecule has 0 spiro atoms. The Morgan fingerprint density at radius 2 is 1.84 bits per heavy atom. The number of nitrogens with zero attached hydrogens (tertiary/aromatic N) is 2. The van der Waals surface area contributed by atoms with E-state index in [1.54, 1.807) is 6.92 Å². The normalized spacial score (nSPS) is 11.6. The van der Waals surface area contributed by atoms with E-state index in [1.807, 2.05) is 0 Å². The van der Waals surface area contributed by atoms with Crippen LogP contribution in [0.3, 0.4) is 0 Å². The Kier molecular flexibility index (Phi) is 3.27. The summed E-state index contributed by atoms with van der Waals surface area (Å²) in [6.45, 7) is 1.67. The number of hydrogen-bond acceptors (Lipinski definition) is 3.